The first-order valence-corrected chi connectivity index (χ1v) is 8.74. The number of hydrogen-bond donors (Lipinski definition) is 3. The van der Waals surface area contributed by atoms with Crippen molar-refractivity contribution >= 4 is 11.8 Å². The van der Waals surface area contributed by atoms with E-state index in [1.165, 1.54) is 12.1 Å². The maximum atomic E-state index is 12.0. The molecule has 0 bridgehead atoms. The van der Waals surface area contributed by atoms with Gasteiger partial charge in [-0.1, -0.05) is 60.7 Å². The first-order valence-electron chi connectivity index (χ1n) is 8.74. The SMILES string of the molecule is O=C(COc1ccccc1-c1ccccc1)NNC(=O)Cc1ccc(O)cc1. The van der Waals surface area contributed by atoms with Crippen LogP contribution in [-0.2, 0) is 16.0 Å². The average molecular weight is 376 g/mol. The number of ether oxygens (including phenoxy) is 1. The number of phenols is 1. The van der Waals surface area contributed by atoms with E-state index < -0.39 is 5.91 Å². The number of carbonyl (C=O) groups excluding carboxylic acids is 2. The Bertz CT molecular complexity index is 940. The lowest BCUT2D eigenvalue weighted by atomic mass is 10.1. The Hall–Kier alpha value is -3.80. The molecular weight excluding hydrogens is 356 g/mol. The number of hydrazine groups is 1. The van der Waals surface area contributed by atoms with Gasteiger partial charge in [-0.25, -0.2) is 0 Å². The lowest BCUT2D eigenvalue weighted by Gasteiger charge is -2.12. The Morgan fingerprint density at radius 2 is 1.43 bits per heavy atom. The van der Waals surface area contributed by atoms with Gasteiger partial charge >= 0.3 is 0 Å². The van der Waals surface area contributed by atoms with Crippen molar-refractivity contribution in [2.45, 2.75) is 6.42 Å². The van der Waals surface area contributed by atoms with Crippen LogP contribution in [0.3, 0.4) is 0 Å². The van der Waals surface area contributed by atoms with Crippen LogP contribution < -0.4 is 15.6 Å². The van der Waals surface area contributed by atoms with Crippen molar-refractivity contribution < 1.29 is 19.4 Å². The predicted octanol–water partition coefficient (Wildman–Crippen LogP) is 2.83. The number of hydrogen-bond acceptors (Lipinski definition) is 4. The molecule has 0 atom stereocenters. The van der Waals surface area contributed by atoms with Gasteiger partial charge in [0.1, 0.15) is 11.5 Å². The lowest BCUT2D eigenvalue weighted by Crippen LogP contribution is -2.44. The minimum absolute atomic E-state index is 0.0816. The second-order valence-corrected chi connectivity index (χ2v) is 6.09. The highest BCUT2D eigenvalue weighted by molar-refractivity contribution is 5.84. The summed E-state index contributed by atoms with van der Waals surface area (Å²) in [6, 6.07) is 23.4. The van der Waals surface area contributed by atoms with Gasteiger partial charge in [0.05, 0.1) is 6.42 Å². The first kappa shape index (κ1) is 19.0. The molecule has 2 amide bonds. The molecule has 0 aromatic heterocycles. The van der Waals surface area contributed by atoms with Gasteiger partial charge in [0.25, 0.3) is 5.91 Å². The van der Waals surface area contributed by atoms with Gasteiger partial charge < -0.3 is 9.84 Å². The molecular formula is C22H20N2O4. The van der Waals surface area contributed by atoms with Crippen LogP contribution >= 0.6 is 0 Å². The molecule has 142 valence electrons. The summed E-state index contributed by atoms with van der Waals surface area (Å²) in [5.74, 6) is -0.129. The van der Waals surface area contributed by atoms with Crippen molar-refractivity contribution in [3.05, 3.63) is 84.4 Å². The molecule has 6 nitrogen and oxygen atoms in total. The summed E-state index contributed by atoms with van der Waals surface area (Å²) >= 11 is 0. The normalized spacial score (nSPS) is 10.1. The Morgan fingerprint density at radius 1 is 0.786 bits per heavy atom. The largest absolute Gasteiger partial charge is 0.508 e. The van der Waals surface area contributed by atoms with Gasteiger partial charge in [-0.05, 0) is 29.3 Å². The van der Waals surface area contributed by atoms with E-state index in [4.69, 9.17) is 4.74 Å². The molecule has 0 aliphatic rings. The summed E-state index contributed by atoms with van der Waals surface area (Å²) < 4.78 is 5.63. The third-order valence-electron chi connectivity index (χ3n) is 3.97. The molecule has 3 N–H and O–H groups in total. The fourth-order valence-electron chi connectivity index (χ4n) is 2.61. The second-order valence-electron chi connectivity index (χ2n) is 6.09. The van der Waals surface area contributed by atoms with Crippen molar-refractivity contribution in [3.8, 4) is 22.6 Å². The molecule has 28 heavy (non-hydrogen) atoms. The summed E-state index contributed by atoms with van der Waals surface area (Å²) in [6.45, 7) is -0.233. The smallest absolute Gasteiger partial charge is 0.276 e. The van der Waals surface area contributed by atoms with Gasteiger partial charge in [0.15, 0.2) is 6.61 Å². The highest BCUT2D eigenvalue weighted by atomic mass is 16.5. The monoisotopic (exact) mass is 376 g/mol. The summed E-state index contributed by atoms with van der Waals surface area (Å²) in [7, 11) is 0. The van der Waals surface area contributed by atoms with Crippen molar-refractivity contribution in [3.63, 3.8) is 0 Å². The maximum absolute atomic E-state index is 12.0. The number of benzene rings is 3. The van der Waals surface area contributed by atoms with Crippen LogP contribution in [0.2, 0.25) is 0 Å². The van der Waals surface area contributed by atoms with Gasteiger partial charge in [0, 0.05) is 5.56 Å². The molecule has 0 unspecified atom stereocenters. The second kappa shape index (κ2) is 9.23. The molecule has 0 spiro atoms. The number of rotatable bonds is 6. The molecule has 3 rings (SSSR count). The molecule has 0 saturated carbocycles. The highest BCUT2D eigenvalue weighted by Gasteiger charge is 2.09. The van der Waals surface area contributed by atoms with Gasteiger partial charge in [-0.2, -0.15) is 0 Å². The van der Waals surface area contributed by atoms with Gasteiger partial charge in [0.2, 0.25) is 5.91 Å². The van der Waals surface area contributed by atoms with E-state index in [1.807, 2.05) is 48.5 Å². The maximum Gasteiger partial charge on any atom is 0.276 e. The topological polar surface area (TPSA) is 87.7 Å². The molecule has 0 fully saturated rings. The molecule has 3 aromatic carbocycles. The minimum Gasteiger partial charge on any atom is -0.508 e. The Kier molecular flexibility index (Phi) is 6.25. The molecule has 0 aliphatic heterocycles. The number of aromatic hydroxyl groups is 1. The van der Waals surface area contributed by atoms with E-state index in [9.17, 15) is 14.7 Å². The van der Waals surface area contributed by atoms with E-state index >= 15 is 0 Å². The average Bonchev–Trinajstić information content (AvgIpc) is 2.73. The molecule has 0 heterocycles. The third kappa shape index (κ3) is 5.35. The van der Waals surface area contributed by atoms with Crippen LogP contribution in [0.4, 0.5) is 0 Å². The summed E-state index contributed by atoms with van der Waals surface area (Å²) in [5.41, 5.74) is 7.27. The van der Waals surface area contributed by atoms with E-state index in [2.05, 4.69) is 10.9 Å². The summed E-state index contributed by atoms with van der Waals surface area (Å²) in [6.07, 6.45) is 0.0816. The van der Waals surface area contributed by atoms with Crippen LogP contribution in [0.1, 0.15) is 5.56 Å². The third-order valence-corrected chi connectivity index (χ3v) is 3.97. The number of nitrogens with one attached hydrogen (secondary N) is 2. The van der Waals surface area contributed by atoms with Crippen LogP contribution in [0.25, 0.3) is 11.1 Å². The van der Waals surface area contributed by atoms with E-state index in [1.54, 1.807) is 18.2 Å². The molecule has 6 heteroatoms. The zero-order valence-electron chi connectivity index (χ0n) is 15.1. The number of para-hydroxylation sites is 1. The zero-order chi connectivity index (χ0) is 19.8. The first-order chi connectivity index (χ1) is 13.6. The zero-order valence-corrected chi connectivity index (χ0v) is 15.1. The number of amides is 2. The number of phenolic OH excluding ortho intramolecular Hbond substituents is 1. The van der Waals surface area contributed by atoms with Crippen molar-refractivity contribution in [1.82, 2.24) is 10.9 Å². The van der Waals surface area contributed by atoms with Crippen molar-refractivity contribution in [1.29, 1.82) is 0 Å². The highest BCUT2D eigenvalue weighted by Crippen LogP contribution is 2.29. The van der Waals surface area contributed by atoms with E-state index in [0.29, 0.717) is 5.75 Å². The van der Waals surface area contributed by atoms with E-state index in [0.717, 1.165) is 16.7 Å². The molecule has 0 saturated heterocycles. The van der Waals surface area contributed by atoms with Gasteiger partial charge in [-0.15, -0.1) is 0 Å². The summed E-state index contributed by atoms with van der Waals surface area (Å²) in [4.78, 5) is 23.9. The lowest BCUT2D eigenvalue weighted by molar-refractivity contribution is -0.129. The quantitative estimate of drug-likeness (QED) is 0.577. The Balaban J connectivity index is 1.50. The standard InChI is InChI=1S/C22H20N2O4/c25-18-12-10-16(11-13-18)14-21(26)23-24-22(27)15-28-20-9-5-4-8-19(20)17-6-2-1-3-7-17/h1-13,25H,14-15H2,(H,23,26)(H,24,27). The molecule has 0 radical (unpaired) electrons. The molecule has 0 aliphatic carbocycles. The van der Waals surface area contributed by atoms with Crippen LogP contribution in [0.5, 0.6) is 11.5 Å². The van der Waals surface area contributed by atoms with E-state index in [-0.39, 0.29) is 24.7 Å². The van der Waals surface area contributed by atoms with Crippen LogP contribution in [0.15, 0.2) is 78.9 Å². The predicted molar refractivity (Wildman–Crippen MR) is 105 cm³/mol. The Morgan fingerprint density at radius 3 is 2.18 bits per heavy atom. The minimum atomic E-state index is -0.470. The Labute approximate surface area is 162 Å². The van der Waals surface area contributed by atoms with Crippen molar-refractivity contribution in [2.24, 2.45) is 0 Å². The van der Waals surface area contributed by atoms with Crippen molar-refractivity contribution in [2.75, 3.05) is 6.61 Å². The van der Waals surface area contributed by atoms with Crippen LogP contribution in [-0.4, -0.2) is 23.5 Å². The molecule has 3 aromatic rings. The number of carbonyl (C=O) groups is 2. The fourth-order valence-corrected chi connectivity index (χ4v) is 2.61. The van der Waals surface area contributed by atoms with Crippen LogP contribution in [0, 0.1) is 0 Å². The fraction of sp³-hybridized carbons (Fsp3) is 0.0909. The van der Waals surface area contributed by atoms with Gasteiger partial charge in [-0.3, -0.25) is 20.4 Å². The summed E-state index contributed by atoms with van der Waals surface area (Å²) in [5, 5.41) is 9.24.